The Morgan fingerprint density at radius 1 is 1.24 bits per heavy atom. The Morgan fingerprint density at radius 3 is 2.76 bits per heavy atom. The molecule has 0 saturated heterocycles. The Balaban J connectivity index is 2.41. The summed E-state index contributed by atoms with van der Waals surface area (Å²) in [4.78, 5) is 0. The molecule has 0 aliphatic rings. The van der Waals surface area contributed by atoms with Crippen LogP contribution in [-0.4, -0.2) is 11.2 Å². The van der Waals surface area contributed by atoms with Gasteiger partial charge in [-0.3, -0.25) is 0 Å². The van der Waals surface area contributed by atoms with Crippen molar-refractivity contribution in [1.29, 1.82) is 10.5 Å². The summed E-state index contributed by atoms with van der Waals surface area (Å²) < 4.78 is 7.30. The monoisotopic (exact) mass is 277 g/mol. The van der Waals surface area contributed by atoms with Gasteiger partial charge in [0.05, 0.1) is 23.3 Å². The van der Waals surface area contributed by atoms with Crippen LogP contribution in [0.3, 0.4) is 0 Å². The predicted octanol–water partition coefficient (Wildman–Crippen LogP) is 3.42. The Hall–Kier alpha value is -2.82. The maximum absolute atomic E-state index is 9.40. The maximum atomic E-state index is 9.40. The van der Waals surface area contributed by atoms with Gasteiger partial charge in [-0.05, 0) is 31.2 Å². The summed E-state index contributed by atoms with van der Waals surface area (Å²) in [6.07, 6.45) is 3.67. The lowest BCUT2D eigenvalue weighted by atomic mass is 10.0. The third-order valence-corrected chi connectivity index (χ3v) is 3.05. The lowest BCUT2D eigenvalue weighted by molar-refractivity contribution is 0.0877. The summed E-state index contributed by atoms with van der Waals surface area (Å²) in [5.41, 5.74) is 2.47. The Morgan fingerprint density at radius 2 is 2.05 bits per heavy atom. The highest BCUT2D eigenvalue weighted by Crippen LogP contribution is 2.21. The van der Waals surface area contributed by atoms with Gasteiger partial charge in [-0.1, -0.05) is 18.2 Å². The number of ether oxygens (including phenoxy) is 1. The van der Waals surface area contributed by atoms with Crippen molar-refractivity contribution in [2.75, 3.05) is 6.61 Å². The molecule has 0 N–H and O–H groups in total. The van der Waals surface area contributed by atoms with Gasteiger partial charge in [0.15, 0.2) is 0 Å². The Bertz CT molecular complexity index is 729. The maximum Gasteiger partial charge on any atom is 0.122 e. The standard InChI is InChI=1S/C17H15N3O/c1-2-21-13-20-9-5-7-16(20)10-15(12-19)17-8-4-3-6-14(17)11-18/h3-10H,2,13H2,1H3/b15-10+. The molecule has 0 saturated carbocycles. The number of hydrogen-bond acceptors (Lipinski definition) is 3. The van der Waals surface area contributed by atoms with Crippen LogP contribution in [0.1, 0.15) is 23.7 Å². The van der Waals surface area contributed by atoms with Crippen LogP contribution in [0.5, 0.6) is 0 Å². The second kappa shape index (κ2) is 7.09. The van der Waals surface area contributed by atoms with Crippen LogP contribution in [-0.2, 0) is 11.5 Å². The van der Waals surface area contributed by atoms with Crippen LogP contribution in [0.4, 0.5) is 0 Å². The molecule has 0 aliphatic carbocycles. The largest absolute Gasteiger partial charge is 0.361 e. The van der Waals surface area contributed by atoms with Crippen LogP contribution in [0, 0.1) is 22.7 Å². The molecule has 104 valence electrons. The number of nitrogens with zero attached hydrogens (tertiary/aromatic N) is 3. The summed E-state index contributed by atoms with van der Waals surface area (Å²) in [5, 5.41) is 18.5. The van der Waals surface area contributed by atoms with Crippen molar-refractivity contribution >= 4 is 11.6 Å². The predicted molar refractivity (Wildman–Crippen MR) is 80.7 cm³/mol. The summed E-state index contributed by atoms with van der Waals surface area (Å²) in [5.74, 6) is 0. The van der Waals surface area contributed by atoms with E-state index in [1.807, 2.05) is 35.9 Å². The topological polar surface area (TPSA) is 61.7 Å². The molecule has 2 rings (SSSR count). The van der Waals surface area contributed by atoms with E-state index < -0.39 is 0 Å². The van der Waals surface area contributed by atoms with Gasteiger partial charge in [0, 0.05) is 24.1 Å². The Labute approximate surface area is 124 Å². The molecule has 0 unspecified atom stereocenters. The number of rotatable bonds is 5. The van der Waals surface area contributed by atoms with Gasteiger partial charge in [-0.25, -0.2) is 0 Å². The van der Waals surface area contributed by atoms with Crippen molar-refractivity contribution in [1.82, 2.24) is 4.57 Å². The van der Waals surface area contributed by atoms with E-state index in [0.29, 0.717) is 30.0 Å². The normalized spacial score (nSPS) is 10.9. The van der Waals surface area contributed by atoms with Crippen molar-refractivity contribution in [3.05, 3.63) is 59.4 Å². The number of benzene rings is 1. The van der Waals surface area contributed by atoms with E-state index in [9.17, 15) is 5.26 Å². The summed E-state index contributed by atoms with van der Waals surface area (Å²) in [6, 6.07) is 15.2. The zero-order valence-electron chi connectivity index (χ0n) is 11.8. The highest BCUT2D eigenvalue weighted by Gasteiger charge is 2.08. The van der Waals surface area contributed by atoms with E-state index in [2.05, 4.69) is 12.1 Å². The zero-order valence-corrected chi connectivity index (χ0v) is 11.8. The average Bonchev–Trinajstić information content (AvgIpc) is 2.97. The first-order chi connectivity index (χ1) is 10.3. The fourth-order valence-electron chi connectivity index (χ4n) is 2.00. The van der Waals surface area contributed by atoms with Gasteiger partial charge < -0.3 is 9.30 Å². The lowest BCUT2D eigenvalue weighted by Crippen LogP contribution is -2.02. The average molecular weight is 277 g/mol. The molecular weight excluding hydrogens is 262 g/mol. The van der Waals surface area contributed by atoms with E-state index in [0.717, 1.165) is 5.69 Å². The second-order valence-corrected chi connectivity index (χ2v) is 4.35. The first-order valence-electron chi connectivity index (χ1n) is 6.64. The zero-order chi connectivity index (χ0) is 15.1. The summed E-state index contributed by atoms with van der Waals surface area (Å²) in [7, 11) is 0. The van der Waals surface area contributed by atoms with E-state index in [1.165, 1.54) is 0 Å². The molecule has 0 spiro atoms. The molecule has 1 aromatic carbocycles. The molecule has 21 heavy (non-hydrogen) atoms. The molecule has 0 atom stereocenters. The van der Waals surface area contributed by atoms with Gasteiger partial charge in [-0.2, -0.15) is 10.5 Å². The van der Waals surface area contributed by atoms with Crippen molar-refractivity contribution in [2.45, 2.75) is 13.7 Å². The molecule has 0 fully saturated rings. The first-order valence-corrected chi connectivity index (χ1v) is 6.64. The lowest BCUT2D eigenvalue weighted by Gasteiger charge is -2.07. The van der Waals surface area contributed by atoms with Gasteiger partial charge in [-0.15, -0.1) is 0 Å². The van der Waals surface area contributed by atoms with E-state index in [-0.39, 0.29) is 0 Å². The number of nitriles is 2. The van der Waals surface area contributed by atoms with Gasteiger partial charge in [0.2, 0.25) is 0 Å². The third-order valence-electron chi connectivity index (χ3n) is 3.05. The van der Waals surface area contributed by atoms with E-state index in [4.69, 9.17) is 10.00 Å². The van der Waals surface area contributed by atoms with Crippen molar-refractivity contribution in [3.63, 3.8) is 0 Å². The molecule has 1 aromatic heterocycles. The summed E-state index contributed by atoms with van der Waals surface area (Å²) in [6.45, 7) is 3.00. The fraction of sp³-hybridized carbons (Fsp3) is 0.176. The number of aromatic nitrogens is 1. The van der Waals surface area contributed by atoms with Gasteiger partial charge in [0.25, 0.3) is 0 Å². The molecule has 0 amide bonds. The Kier molecular flexibility index (Phi) is 4.93. The van der Waals surface area contributed by atoms with E-state index in [1.54, 1.807) is 24.3 Å². The minimum atomic E-state index is 0.438. The van der Waals surface area contributed by atoms with Crippen molar-refractivity contribution in [3.8, 4) is 12.1 Å². The highest BCUT2D eigenvalue weighted by atomic mass is 16.5. The second-order valence-electron chi connectivity index (χ2n) is 4.35. The molecule has 0 radical (unpaired) electrons. The minimum absolute atomic E-state index is 0.438. The SMILES string of the molecule is CCOCn1cccc1/C=C(\C#N)c1ccccc1C#N. The summed E-state index contributed by atoms with van der Waals surface area (Å²) >= 11 is 0. The van der Waals surface area contributed by atoms with Crippen LogP contribution in [0.15, 0.2) is 42.6 Å². The smallest absolute Gasteiger partial charge is 0.122 e. The van der Waals surface area contributed by atoms with Crippen LogP contribution >= 0.6 is 0 Å². The van der Waals surface area contributed by atoms with Crippen LogP contribution in [0.25, 0.3) is 11.6 Å². The first kappa shape index (κ1) is 14.6. The van der Waals surface area contributed by atoms with Crippen LogP contribution < -0.4 is 0 Å². The number of hydrogen-bond donors (Lipinski definition) is 0. The third kappa shape index (κ3) is 3.39. The van der Waals surface area contributed by atoms with E-state index >= 15 is 0 Å². The molecule has 1 heterocycles. The quantitative estimate of drug-likeness (QED) is 0.787. The highest BCUT2D eigenvalue weighted by molar-refractivity contribution is 5.90. The van der Waals surface area contributed by atoms with Crippen LogP contribution in [0.2, 0.25) is 0 Å². The number of allylic oxidation sites excluding steroid dienone is 1. The molecule has 0 aliphatic heterocycles. The van der Waals surface area contributed by atoms with Crippen molar-refractivity contribution < 1.29 is 4.74 Å². The molecule has 0 bridgehead atoms. The van der Waals surface area contributed by atoms with Gasteiger partial charge >= 0.3 is 0 Å². The molecule has 2 aromatic rings. The molecule has 4 nitrogen and oxygen atoms in total. The minimum Gasteiger partial charge on any atom is -0.361 e. The van der Waals surface area contributed by atoms with Gasteiger partial charge in [0.1, 0.15) is 6.73 Å². The fourth-order valence-corrected chi connectivity index (χ4v) is 2.00. The van der Waals surface area contributed by atoms with Crippen molar-refractivity contribution in [2.24, 2.45) is 0 Å². The molecular formula is C17H15N3O. The molecule has 4 heteroatoms.